The van der Waals surface area contributed by atoms with E-state index in [1.54, 1.807) is 14.0 Å². The maximum Gasteiger partial charge on any atom is 0.335 e. The summed E-state index contributed by atoms with van der Waals surface area (Å²) in [4.78, 5) is 24.5. The van der Waals surface area contributed by atoms with Crippen molar-refractivity contribution >= 4 is 21.7 Å². The van der Waals surface area contributed by atoms with E-state index in [9.17, 15) is 18.0 Å². The normalized spacial score (nSPS) is 20.7. The third-order valence-electron chi connectivity index (χ3n) is 3.87. The number of carbonyl (C=O) groups is 2. The molecule has 1 aromatic carbocycles. The van der Waals surface area contributed by atoms with Gasteiger partial charge in [0.25, 0.3) is 5.91 Å². The lowest BCUT2D eigenvalue weighted by Crippen LogP contribution is -2.44. The Labute approximate surface area is 134 Å². The van der Waals surface area contributed by atoms with E-state index in [-0.39, 0.29) is 29.0 Å². The second kappa shape index (κ2) is 6.57. The summed E-state index contributed by atoms with van der Waals surface area (Å²) in [6.45, 7) is 1.58. The highest BCUT2D eigenvalue weighted by molar-refractivity contribution is 7.91. The molecule has 1 aromatic rings. The van der Waals surface area contributed by atoms with Gasteiger partial charge < -0.3 is 14.7 Å². The van der Waals surface area contributed by atoms with Crippen molar-refractivity contribution in [2.75, 3.05) is 18.6 Å². The second-order valence-electron chi connectivity index (χ2n) is 5.60. The van der Waals surface area contributed by atoms with Gasteiger partial charge in [-0.2, -0.15) is 0 Å². The number of amides is 1. The Morgan fingerprint density at radius 3 is 2.39 bits per heavy atom. The lowest BCUT2D eigenvalue weighted by Gasteiger charge is -2.26. The molecule has 1 heterocycles. The lowest BCUT2D eigenvalue weighted by molar-refractivity contribution is -0.138. The Kier molecular flexibility index (Phi) is 4.93. The Balaban J connectivity index is 1.98. The molecule has 0 radical (unpaired) electrons. The summed E-state index contributed by atoms with van der Waals surface area (Å²) < 4.78 is 28.5. The minimum Gasteiger partial charge on any atom is -0.481 e. The summed E-state index contributed by atoms with van der Waals surface area (Å²) in [6.07, 6.45) is -0.357. The number of ether oxygens (including phenoxy) is 1. The van der Waals surface area contributed by atoms with Crippen molar-refractivity contribution < 1.29 is 27.9 Å². The quantitative estimate of drug-likeness (QED) is 0.850. The highest BCUT2D eigenvalue weighted by atomic mass is 32.2. The van der Waals surface area contributed by atoms with Gasteiger partial charge in [0.2, 0.25) is 0 Å². The molecule has 126 valence electrons. The highest BCUT2D eigenvalue weighted by Crippen LogP contribution is 2.19. The molecule has 0 aromatic heterocycles. The summed E-state index contributed by atoms with van der Waals surface area (Å²) in [7, 11) is -1.49. The maximum absolute atomic E-state index is 12.3. The number of aromatic carboxylic acids is 1. The van der Waals surface area contributed by atoms with Gasteiger partial charge in [0, 0.05) is 13.1 Å². The summed E-state index contributed by atoms with van der Waals surface area (Å²) in [5, 5.41) is 8.83. The van der Waals surface area contributed by atoms with E-state index >= 15 is 0 Å². The molecule has 8 heteroatoms. The molecular formula is C15H19NO6S. The van der Waals surface area contributed by atoms with Crippen molar-refractivity contribution in [3.05, 3.63) is 29.8 Å². The minimum atomic E-state index is -3.06. The van der Waals surface area contributed by atoms with E-state index in [0.717, 1.165) is 0 Å². The molecule has 0 spiro atoms. The van der Waals surface area contributed by atoms with Gasteiger partial charge >= 0.3 is 5.97 Å². The predicted molar refractivity (Wildman–Crippen MR) is 83.3 cm³/mol. The first-order chi connectivity index (χ1) is 10.7. The Hall–Kier alpha value is -2.09. The monoisotopic (exact) mass is 341 g/mol. The maximum atomic E-state index is 12.3. The zero-order valence-corrected chi connectivity index (χ0v) is 13.7. The average molecular weight is 341 g/mol. The first kappa shape index (κ1) is 17.3. The number of rotatable bonds is 5. The van der Waals surface area contributed by atoms with Gasteiger partial charge in [-0.3, -0.25) is 4.79 Å². The van der Waals surface area contributed by atoms with E-state index in [0.29, 0.717) is 12.2 Å². The summed E-state index contributed by atoms with van der Waals surface area (Å²) in [5.41, 5.74) is 0.129. The van der Waals surface area contributed by atoms with Crippen LogP contribution >= 0.6 is 0 Å². The van der Waals surface area contributed by atoms with Crippen LogP contribution in [0.25, 0.3) is 0 Å². The first-order valence-electron chi connectivity index (χ1n) is 7.17. The zero-order valence-electron chi connectivity index (χ0n) is 12.9. The number of benzene rings is 1. The van der Waals surface area contributed by atoms with Crippen LogP contribution < -0.4 is 4.74 Å². The number of sulfone groups is 1. The fourth-order valence-electron chi connectivity index (χ4n) is 2.48. The molecule has 0 unspecified atom stereocenters. The minimum absolute atomic E-state index is 0.0186. The van der Waals surface area contributed by atoms with E-state index in [1.807, 2.05) is 0 Å². The highest BCUT2D eigenvalue weighted by Gasteiger charge is 2.34. The van der Waals surface area contributed by atoms with Gasteiger partial charge in [0.15, 0.2) is 15.9 Å². The molecular weight excluding hydrogens is 322 g/mol. The molecule has 0 saturated carbocycles. The van der Waals surface area contributed by atoms with Crippen LogP contribution in [0.15, 0.2) is 24.3 Å². The van der Waals surface area contributed by atoms with Crippen LogP contribution in [0, 0.1) is 0 Å². The van der Waals surface area contributed by atoms with Gasteiger partial charge in [-0.25, -0.2) is 13.2 Å². The van der Waals surface area contributed by atoms with Crippen molar-refractivity contribution in [2.45, 2.75) is 25.5 Å². The van der Waals surface area contributed by atoms with Crippen molar-refractivity contribution in [3.8, 4) is 5.75 Å². The molecule has 7 nitrogen and oxygen atoms in total. The van der Waals surface area contributed by atoms with Crippen molar-refractivity contribution in [1.29, 1.82) is 0 Å². The molecule has 1 N–H and O–H groups in total. The molecule has 0 aliphatic carbocycles. The molecule has 1 amide bonds. The number of likely N-dealkylation sites (N-methyl/N-ethyl adjacent to an activating group) is 1. The molecule has 1 aliphatic rings. The number of hydrogen-bond donors (Lipinski definition) is 1. The average Bonchev–Trinajstić information content (AvgIpc) is 2.86. The van der Waals surface area contributed by atoms with E-state index in [2.05, 4.69) is 0 Å². The van der Waals surface area contributed by atoms with Gasteiger partial charge in [0.1, 0.15) is 5.75 Å². The lowest BCUT2D eigenvalue weighted by atomic mass is 10.2. The Morgan fingerprint density at radius 2 is 1.91 bits per heavy atom. The molecule has 2 rings (SSSR count). The molecule has 1 saturated heterocycles. The van der Waals surface area contributed by atoms with E-state index < -0.39 is 21.9 Å². The predicted octanol–water partition coefficient (Wildman–Crippen LogP) is 0.798. The van der Waals surface area contributed by atoms with Crippen molar-refractivity contribution in [3.63, 3.8) is 0 Å². The van der Waals surface area contributed by atoms with Gasteiger partial charge in [-0.05, 0) is 37.6 Å². The smallest absolute Gasteiger partial charge is 0.335 e. The molecule has 23 heavy (non-hydrogen) atoms. The van der Waals surface area contributed by atoms with Crippen LogP contribution in [-0.2, 0) is 14.6 Å². The fraction of sp³-hybridized carbons (Fsp3) is 0.467. The third-order valence-corrected chi connectivity index (χ3v) is 5.62. The van der Waals surface area contributed by atoms with Gasteiger partial charge in [0.05, 0.1) is 17.1 Å². The first-order valence-corrected chi connectivity index (χ1v) is 8.99. The number of carboxylic acids is 1. The van der Waals surface area contributed by atoms with Crippen LogP contribution in [0.4, 0.5) is 0 Å². The second-order valence-corrected chi connectivity index (χ2v) is 7.82. The van der Waals surface area contributed by atoms with Crippen molar-refractivity contribution in [2.24, 2.45) is 0 Å². The molecule has 1 fully saturated rings. The molecule has 2 atom stereocenters. The Bertz CT molecular complexity index is 697. The van der Waals surface area contributed by atoms with Crippen molar-refractivity contribution in [1.82, 2.24) is 4.90 Å². The summed E-state index contributed by atoms with van der Waals surface area (Å²) in [5.74, 6) is -0.892. The Morgan fingerprint density at radius 1 is 1.30 bits per heavy atom. The van der Waals surface area contributed by atoms with E-state index in [4.69, 9.17) is 9.84 Å². The SMILES string of the molecule is C[C@@H](Oc1ccc(C(=O)O)cc1)C(=O)N(C)[C@@H]1CCS(=O)(=O)C1. The molecule has 0 bridgehead atoms. The number of carboxylic acid groups (broad SMARTS) is 1. The van der Waals surface area contributed by atoms with Gasteiger partial charge in [-0.1, -0.05) is 0 Å². The van der Waals surface area contributed by atoms with Crippen LogP contribution in [0.3, 0.4) is 0 Å². The van der Waals surface area contributed by atoms with Gasteiger partial charge in [-0.15, -0.1) is 0 Å². The topological polar surface area (TPSA) is 101 Å². The van der Waals surface area contributed by atoms with Crippen LogP contribution in [-0.4, -0.2) is 61.0 Å². The largest absolute Gasteiger partial charge is 0.481 e. The van der Waals surface area contributed by atoms with E-state index in [1.165, 1.54) is 29.2 Å². The summed E-state index contributed by atoms with van der Waals surface area (Å²) in [6, 6.07) is 5.41. The third kappa shape index (κ3) is 4.22. The zero-order chi connectivity index (χ0) is 17.2. The summed E-state index contributed by atoms with van der Waals surface area (Å²) >= 11 is 0. The number of nitrogens with zero attached hydrogens (tertiary/aromatic N) is 1. The standard InChI is InChI=1S/C15H19NO6S/c1-10(22-13-5-3-11(4-6-13)15(18)19)14(17)16(2)12-7-8-23(20,21)9-12/h3-6,10,12H,7-9H2,1-2H3,(H,18,19)/t10-,12-/m1/s1. The fourth-order valence-corrected chi connectivity index (χ4v) is 4.25. The van der Waals surface area contributed by atoms with Crippen LogP contribution in [0.1, 0.15) is 23.7 Å². The van der Waals surface area contributed by atoms with Crippen LogP contribution in [0.2, 0.25) is 0 Å². The number of carbonyl (C=O) groups excluding carboxylic acids is 1. The number of hydrogen-bond acceptors (Lipinski definition) is 5. The molecule has 1 aliphatic heterocycles. The van der Waals surface area contributed by atoms with Crippen LogP contribution in [0.5, 0.6) is 5.75 Å².